The third kappa shape index (κ3) is 5.26. The first-order valence-corrected chi connectivity index (χ1v) is 10.6. The van der Waals surface area contributed by atoms with Crippen LogP contribution in [0.2, 0.25) is 0 Å². The molecule has 0 fully saturated rings. The Bertz CT molecular complexity index is 1070. The van der Waals surface area contributed by atoms with E-state index in [2.05, 4.69) is 4.98 Å². The number of rotatable bonds is 7. The van der Waals surface area contributed by atoms with Gasteiger partial charge in [-0.15, -0.1) is 23.1 Å². The molecule has 0 aliphatic carbocycles. The molecule has 1 aromatic carbocycles. The van der Waals surface area contributed by atoms with Gasteiger partial charge in [0.1, 0.15) is 16.9 Å². The third-order valence-electron chi connectivity index (χ3n) is 4.13. The number of hydrogen-bond donors (Lipinski definition) is 0. The molecule has 154 valence electrons. The first-order chi connectivity index (χ1) is 14.3. The quantitative estimate of drug-likeness (QED) is 0.176. The maximum absolute atomic E-state index is 13.5. The zero-order valence-corrected chi connectivity index (χ0v) is 17.0. The first-order valence-electron chi connectivity index (χ1n) is 8.77. The van der Waals surface area contributed by atoms with Crippen molar-refractivity contribution in [1.29, 1.82) is 5.26 Å². The maximum atomic E-state index is 13.5. The molecular formula is C21H14F4N2OS2. The molecule has 0 saturated carbocycles. The van der Waals surface area contributed by atoms with Crippen LogP contribution in [-0.4, -0.2) is 16.5 Å². The second-order valence-corrected chi connectivity index (χ2v) is 8.24. The number of hydrogen-bond acceptors (Lipinski definition) is 5. The highest BCUT2D eigenvalue weighted by Gasteiger charge is 2.36. The Morgan fingerprint density at radius 2 is 1.93 bits per heavy atom. The van der Waals surface area contributed by atoms with Crippen molar-refractivity contribution in [3.63, 3.8) is 0 Å². The Balaban J connectivity index is 1.76. The second kappa shape index (κ2) is 9.41. The van der Waals surface area contributed by atoms with Crippen LogP contribution in [0, 0.1) is 17.1 Å². The summed E-state index contributed by atoms with van der Waals surface area (Å²) in [6, 6.07) is 11.1. The topological polar surface area (TPSA) is 53.8 Å². The van der Waals surface area contributed by atoms with E-state index in [4.69, 9.17) is 0 Å². The Hall–Kier alpha value is -2.70. The maximum Gasteiger partial charge on any atom is 0.417 e. The number of halogens is 4. The molecule has 0 aliphatic heterocycles. The molecule has 3 rings (SSSR count). The van der Waals surface area contributed by atoms with Gasteiger partial charge in [0.2, 0.25) is 0 Å². The van der Waals surface area contributed by atoms with Crippen molar-refractivity contribution in [3.05, 3.63) is 70.4 Å². The van der Waals surface area contributed by atoms with Gasteiger partial charge in [-0.2, -0.15) is 18.4 Å². The number of thiophene rings is 1. The molecule has 2 aromatic heterocycles. The number of Topliss-reactive ketones (excluding diaryl/α,β-unsaturated/α-hetero) is 1. The number of carbonyl (C=O) groups is 1. The van der Waals surface area contributed by atoms with Crippen molar-refractivity contribution in [2.45, 2.75) is 24.0 Å². The second-order valence-electron chi connectivity index (χ2n) is 6.20. The van der Waals surface area contributed by atoms with Gasteiger partial charge in [-0.3, -0.25) is 4.79 Å². The fraction of sp³-hybridized carbons (Fsp3) is 0.190. The number of pyridine rings is 1. The van der Waals surface area contributed by atoms with E-state index < -0.39 is 23.1 Å². The summed E-state index contributed by atoms with van der Waals surface area (Å²) in [4.78, 5) is 17.0. The molecule has 0 atom stereocenters. The predicted octanol–water partition coefficient (Wildman–Crippen LogP) is 6.59. The minimum absolute atomic E-state index is 0.00930. The van der Waals surface area contributed by atoms with Crippen LogP contribution in [0.5, 0.6) is 0 Å². The van der Waals surface area contributed by atoms with Gasteiger partial charge >= 0.3 is 6.18 Å². The molecule has 0 bridgehead atoms. The van der Waals surface area contributed by atoms with E-state index in [1.54, 1.807) is 23.6 Å². The summed E-state index contributed by atoms with van der Waals surface area (Å²) in [6.07, 6.45) is -4.16. The van der Waals surface area contributed by atoms with Crippen molar-refractivity contribution < 1.29 is 22.4 Å². The highest BCUT2D eigenvalue weighted by atomic mass is 32.2. The Labute approximate surface area is 178 Å². The van der Waals surface area contributed by atoms with Crippen LogP contribution in [0.15, 0.2) is 52.9 Å². The van der Waals surface area contributed by atoms with Gasteiger partial charge in [0, 0.05) is 12.0 Å². The van der Waals surface area contributed by atoms with Gasteiger partial charge in [-0.25, -0.2) is 9.37 Å². The van der Waals surface area contributed by atoms with E-state index in [0.717, 1.165) is 17.8 Å². The van der Waals surface area contributed by atoms with E-state index in [1.807, 2.05) is 0 Å². The molecule has 30 heavy (non-hydrogen) atoms. The van der Waals surface area contributed by atoms with Crippen molar-refractivity contribution in [2.75, 3.05) is 5.75 Å². The van der Waals surface area contributed by atoms with Gasteiger partial charge in [-0.1, -0.05) is 6.07 Å². The van der Waals surface area contributed by atoms with Crippen LogP contribution < -0.4 is 0 Å². The molecular weight excluding hydrogens is 436 g/mol. The molecule has 0 N–H and O–H groups in total. The normalized spacial score (nSPS) is 11.3. The Morgan fingerprint density at radius 3 is 2.53 bits per heavy atom. The van der Waals surface area contributed by atoms with Gasteiger partial charge in [0.05, 0.1) is 21.7 Å². The summed E-state index contributed by atoms with van der Waals surface area (Å²) in [5.74, 6) is -0.324. The van der Waals surface area contributed by atoms with Gasteiger partial charge in [0.25, 0.3) is 0 Å². The lowest BCUT2D eigenvalue weighted by molar-refractivity contribution is -0.138. The summed E-state index contributed by atoms with van der Waals surface area (Å²) in [5.41, 5.74) is -1.01. The molecule has 0 aliphatic rings. The van der Waals surface area contributed by atoms with Crippen LogP contribution in [0.3, 0.4) is 0 Å². The summed E-state index contributed by atoms with van der Waals surface area (Å²) in [5, 5.41) is 11.0. The number of nitrogens with zero attached hydrogens (tertiary/aromatic N) is 2. The van der Waals surface area contributed by atoms with E-state index in [9.17, 15) is 27.6 Å². The van der Waals surface area contributed by atoms with Crippen LogP contribution in [-0.2, 0) is 6.18 Å². The lowest BCUT2D eigenvalue weighted by atomic mass is 10.1. The molecule has 0 radical (unpaired) electrons. The van der Waals surface area contributed by atoms with Gasteiger partial charge in [-0.05, 0) is 54.0 Å². The number of alkyl halides is 3. The van der Waals surface area contributed by atoms with Crippen molar-refractivity contribution in [3.8, 4) is 16.6 Å². The van der Waals surface area contributed by atoms with Crippen LogP contribution in [0.4, 0.5) is 17.6 Å². The molecule has 3 nitrogen and oxygen atoms in total. The smallest absolute Gasteiger partial charge is 0.294 e. The van der Waals surface area contributed by atoms with E-state index >= 15 is 0 Å². The Kier molecular flexibility index (Phi) is 6.90. The molecule has 9 heteroatoms. The van der Waals surface area contributed by atoms with Crippen LogP contribution in [0.1, 0.15) is 34.3 Å². The zero-order chi connectivity index (χ0) is 21.7. The molecule has 0 saturated heterocycles. The fourth-order valence-electron chi connectivity index (χ4n) is 2.69. The number of ketones is 1. The summed E-state index contributed by atoms with van der Waals surface area (Å²) in [7, 11) is 0. The average molecular weight is 450 g/mol. The minimum atomic E-state index is -4.69. The predicted molar refractivity (Wildman–Crippen MR) is 108 cm³/mol. The number of benzene rings is 1. The number of carbonyl (C=O) groups excluding carboxylic acids is 1. The molecule has 3 aromatic rings. The van der Waals surface area contributed by atoms with Gasteiger partial charge in [0.15, 0.2) is 5.78 Å². The van der Waals surface area contributed by atoms with Crippen LogP contribution >= 0.6 is 23.1 Å². The molecule has 0 unspecified atom stereocenters. The SMILES string of the molecule is N#Cc1c(C(F)(F)F)cc(-c2cccs2)nc1SCCCC(=O)c1ccc(F)cc1. The lowest BCUT2D eigenvalue weighted by Crippen LogP contribution is -2.10. The molecule has 0 amide bonds. The Morgan fingerprint density at radius 1 is 1.20 bits per heavy atom. The standard InChI is InChI=1S/C21H14F4N2OS2/c22-14-7-5-13(6-8-14)18(28)3-1-10-30-20-15(12-26)16(21(23,24)25)11-17(27-20)19-4-2-9-29-19/h2,4-9,11H,1,3,10H2. The highest BCUT2D eigenvalue weighted by molar-refractivity contribution is 7.99. The van der Waals surface area contributed by atoms with E-state index in [1.165, 1.54) is 35.6 Å². The molecule has 2 heterocycles. The first kappa shape index (κ1) is 22.0. The van der Waals surface area contributed by atoms with Gasteiger partial charge < -0.3 is 0 Å². The van der Waals surface area contributed by atoms with Crippen molar-refractivity contribution >= 4 is 28.9 Å². The number of nitriles is 1. The van der Waals surface area contributed by atoms with E-state index in [0.29, 0.717) is 22.6 Å². The van der Waals surface area contributed by atoms with Crippen molar-refractivity contribution in [1.82, 2.24) is 4.98 Å². The van der Waals surface area contributed by atoms with E-state index in [-0.39, 0.29) is 22.9 Å². The average Bonchev–Trinajstić information content (AvgIpc) is 3.25. The number of aromatic nitrogens is 1. The summed E-state index contributed by atoms with van der Waals surface area (Å²) in [6.45, 7) is 0. The lowest BCUT2D eigenvalue weighted by Gasteiger charge is -2.13. The zero-order valence-electron chi connectivity index (χ0n) is 15.4. The van der Waals surface area contributed by atoms with Crippen molar-refractivity contribution in [2.24, 2.45) is 0 Å². The minimum Gasteiger partial charge on any atom is -0.294 e. The fourth-order valence-corrected chi connectivity index (χ4v) is 4.32. The largest absolute Gasteiger partial charge is 0.417 e. The number of thioether (sulfide) groups is 1. The highest BCUT2D eigenvalue weighted by Crippen LogP contribution is 2.38. The summed E-state index contributed by atoms with van der Waals surface area (Å²) < 4.78 is 53.4. The van der Waals surface area contributed by atoms with Crippen LogP contribution in [0.25, 0.3) is 10.6 Å². The third-order valence-corrected chi connectivity index (χ3v) is 6.08. The summed E-state index contributed by atoms with van der Waals surface area (Å²) >= 11 is 2.27. The molecule has 0 spiro atoms. The monoisotopic (exact) mass is 450 g/mol.